The van der Waals surface area contributed by atoms with Crippen LogP contribution in [0.5, 0.6) is 0 Å². The molecule has 1 N–H and O–H groups in total. The minimum Gasteiger partial charge on any atom is -0.462 e. The molecule has 3 aromatic rings. The van der Waals surface area contributed by atoms with Gasteiger partial charge in [-0.1, -0.05) is 31.2 Å². The molecule has 0 bridgehead atoms. The van der Waals surface area contributed by atoms with Gasteiger partial charge >= 0.3 is 5.97 Å². The van der Waals surface area contributed by atoms with Crippen molar-refractivity contribution in [2.75, 3.05) is 11.9 Å². The van der Waals surface area contributed by atoms with Gasteiger partial charge in [0, 0.05) is 10.4 Å². The average Bonchev–Trinajstić information content (AvgIpc) is 3.32. The van der Waals surface area contributed by atoms with Gasteiger partial charge in [-0.3, -0.25) is 4.79 Å². The molecule has 31 heavy (non-hydrogen) atoms. The summed E-state index contributed by atoms with van der Waals surface area (Å²) in [5.74, 6) is 0.333. The number of carbonyl (C=O) groups is 2. The van der Waals surface area contributed by atoms with Crippen LogP contribution in [0.2, 0.25) is 0 Å². The van der Waals surface area contributed by atoms with Crippen molar-refractivity contribution in [3.8, 4) is 11.4 Å². The van der Waals surface area contributed by atoms with Crippen LogP contribution in [0.4, 0.5) is 5.00 Å². The highest BCUT2D eigenvalue weighted by Crippen LogP contribution is 2.40. The summed E-state index contributed by atoms with van der Waals surface area (Å²) in [6.07, 6.45) is 2.75. The molecule has 2 aromatic heterocycles. The number of amides is 1. The van der Waals surface area contributed by atoms with Crippen LogP contribution >= 0.6 is 11.3 Å². The standard InChI is InChI=1S/C22H25N5O3S/c1-4-30-22(29)19-16-10-9-13(2)11-17(16)31-21(19)23-18(28)12-27-25-20(24-26-27)15-8-6-5-7-14(15)3/h5-8,13H,4,9-12H2,1-3H3,(H,23,28). The lowest BCUT2D eigenvalue weighted by Crippen LogP contribution is -2.21. The zero-order valence-corrected chi connectivity index (χ0v) is 18.7. The van der Waals surface area contributed by atoms with E-state index in [2.05, 4.69) is 27.7 Å². The molecule has 1 aliphatic carbocycles. The minimum absolute atomic E-state index is 0.0971. The normalized spacial score (nSPS) is 15.4. The number of benzene rings is 1. The van der Waals surface area contributed by atoms with E-state index >= 15 is 0 Å². The highest BCUT2D eigenvalue weighted by molar-refractivity contribution is 7.17. The van der Waals surface area contributed by atoms with Gasteiger partial charge in [0.1, 0.15) is 11.5 Å². The van der Waals surface area contributed by atoms with E-state index in [1.54, 1.807) is 6.92 Å². The maximum Gasteiger partial charge on any atom is 0.341 e. The number of hydrogen-bond acceptors (Lipinski definition) is 7. The number of hydrogen-bond donors (Lipinski definition) is 1. The molecular formula is C22H25N5O3S. The van der Waals surface area contributed by atoms with Crippen molar-refractivity contribution in [2.45, 2.75) is 46.6 Å². The molecule has 1 atom stereocenters. The number of nitrogens with one attached hydrogen (secondary N) is 1. The number of aromatic nitrogens is 4. The quantitative estimate of drug-likeness (QED) is 0.589. The molecule has 4 rings (SSSR count). The van der Waals surface area contributed by atoms with Crippen molar-refractivity contribution in [3.05, 3.63) is 45.8 Å². The Bertz CT molecular complexity index is 1120. The number of fused-ring (bicyclic) bond motifs is 1. The summed E-state index contributed by atoms with van der Waals surface area (Å²) in [5, 5.41) is 15.8. The third-order valence-corrected chi connectivity index (χ3v) is 6.54. The van der Waals surface area contributed by atoms with E-state index < -0.39 is 0 Å². The monoisotopic (exact) mass is 439 g/mol. The first-order chi connectivity index (χ1) is 15.0. The van der Waals surface area contributed by atoms with Crippen molar-refractivity contribution in [3.63, 3.8) is 0 Å². The van der Waals surface area contributed by atoms with E-state index in [0.29, 0.717) is 22.3 Å². The first-order valence-electron chi connectivity index (χ1n) is 10.4. The summed E-state index contributed by atoms with van der Waals surface area (Å²) >= 11 is 1.46. The molecule has 0 radical (unpaired) electrons. The number of ether oxygens (including phenoxy) is 1. The van der Waals surface area contributed by atoms with Crippen LogP contribution in [0.1, 0.15) is 46.6 Å². The van der Waals surface area contributed by atoms with Gasteiger partial charge in [-0.25, -0.2) is 4.79 Å². The van der Waals surface area contributed by atoms with Crippen molar-refractivity contribution in [1.29, 1.82) is 0 Å². The lowest BCUT2D eigenvalue weighted by molar-refractivity contribution is -0.117. The highest BCUT2D eigenvalue weighted by Gasteiger charge is 2.29. The van der Waals surface area contributed by atoms with Gasteiger partial charge in [-0.2, -0.15) is 4.80 Å². The second-order valence-electron chi connectivity index (χ2n) is 7.78. The third kappa shape index (κ3) is 4.51. The highest BCUT2D eigenvalue weighted by atomic mass is 32.1. The Morgan fingerprint density at radius 2 is 2.13 bits per heavy atom. The molecular weight excluding hydrogens is 414 g/mol. The van der Waals surface area contributed by atoms with Crippen LogP contribution < -0.4 is 5.32 Å². The zero-order valence-electron chi connectivity index (χ0n) is 17.8. The molecule has 1 amide bonds. The topological polar surface area (TPSA) is 99.0 Å². The van der Waals surface area contributed by atoms with Crippen LogP contribution in [-0.2, 0) is 28.9 Å². The number of nitrogens with zero attached hydrogens (tertiary/aromatic N) is 4. The van der Waals surface area contributed by atoms with Crippen molar-refractivity contribution >= 4 is 28.2 Å². The van der Waals surface area contributed by atoms with E-state index in [1.807, 2.05) is 31.2 Å². The van der Waals surface area contributed by atoms with Gasteiger partial charge in [0.2, 0.25) is 11.7 Å². The number of thiophene rings is 1. The molecule has 0 aliphatic heterocycles. The maximum atomic E-state index is 12.7. The Hall–Kier alpha value is -3.07. The lowest BCUT2D eigenvalue weighted by atomic mass is 9.88. The number of tetrazole rings is 1. The SMILES string of the molecule is CCOC(=O)c1c(NC(=O)Cn2nnc(-c3ccccc3C)n2)sc2c1CCC(C)C2. The Balaban J connectivity index is 1.53. The van der Waals surface area contributed by atoms with Gasteiger partial charge in [0.15, 0.2) is 0 Å². The van der Waals surface area contributed by atoms with Gasteiger partial charge in [-0.15, -0.1) is 21.5 Å². The second kappa shape index (κ2) is 8.97. The van der Waals surface area contributed by atoms with E-state index in [9.17, 15) is 9.59 Å². The summed E-state index contributed by atoms with van der Waals surface area (Å²) in [6.45, 7) is 6.14. The lowest BCUT2D eigenvalue weighted by Gasteiger charge is -2.18. The van der Waals surface area contributed by atoms with Gasteiger partial charge < -0.3 is 10.1 Å². The Morgan fingerprint density at radius 1 is 1.32 bits per heavy atom. The number of esters is 1. The predicted octanol–water partition coefficient (Wildman–Crippen LogP) is 3.65. The summed E-state index contributed by atoms with van der Waals surface area (Å²) in [7, 11) is 0. The van der Waals surface area contributed by atoms with Crippen LogP contribution in [0.3, 0.4) is 0 Å². The predicted molar refractivity (Wildman–Crippen MR) is 118 cm³/mol. The van der Waals surface area contributed by atoms with Crippen LogP contribution in [0, 0.1) is 12.8 Å². The summed E-state index contributed by atoms with van der Waals surface area (Å²) in [4.78, 5) is 27.7. The van der Waals surface area contributed by atoms with Crippen LogP contribution in [0.25, 0.3) is 11.4 Å². The first-order valence-corrected chi connectivity index (χ1v) is 11.2. The molecule has 1 aliphatic rings. The van der Waals surface area contributed by atoms with Crippen molar-refractivity contribution in [2.24, 2.45) is 5.92 Å². The molecule has 0 saturated carbocycles. The average molecular weight is 440 g/mol. The van der Waals surface area contributed by atoms with E-state index in [0.717, 1.165) is 40.8 Å². The van der Waals surface area contributed by atoms with Crippen molar-refractivity contribution in [1.82, 2.24) is 20.2 Å². The summed E-state index contributed by atoms with van der Waals surface area (Å²) in [6, 6.07) is 7.74. The number of anilines is 1. The van der Waals surface area contributed by atoms with Crippen molar-refractivity contribution < 1.29 is 14.3 Å². The van der Waals surface area contributed by atoms with E-state index in [4.69, 9.17) is 4.74 Å². The van der Waals surface area contributed by atoms with Gasteiger partial charge in [-0.05, 0) is 55.4 Å². The maximum absolute atomic E-state index is 12.7. The van der Waals surface area contributed by atoms with Crippen LogP contribution in [0.15, 0.2) is 24.3 Å². The Kier molecular flexibility index (Phi) is 6.13. The molecule has 9 heteroatoms. The fourth-order valence-corrected chi connectivity index (χ4v) is 5.21. The Morgan fingerprint density at radius 3 is 2.90 bits per heavy atom. The molecule has 1 unspecified atom stereocenters. The molecule has 162 valence electrons. The fourth-order valence-electron chi connectivity index (χ4n) is 3.79. The van der Waals surface area contributed by atoms with E-state index in [1.165, 1.54) is 16.1 Å². The van der Waals surface area contributed by atoms with Gasteiger partial charge in [0.25, 0.3) is 0 Å². The summed E-state index contributed by atoms with van der Waals surface area (Å²) in [5.41, 5.74) is 3.41. The van der Waals surface area contributed by atoms with Crippen LogP contribution in [-0.4, -0.2) is 38.7 Å². The minimum atomic E-state index is -0.384. The summed E-state index contributed by atoms with van der Waals surface area (Å²) < 4.78 is 5.26. The molecule has 0 saturated heterocycles. The second-order valence-corrected chi connectivity index (χ2v) is 8.89. The number of carbonyl (C=O) groups excluding carboxylic acids is 2. The van der Waals surface area contributed by atoms with Gasteiger partial charge in [0.05, 0.1) is 12.2 Å². The number of aryl methyl sites for hydroxylation is 1. The first kappa shape index (κ1) is 21.2. The third-order valence-electron chi connectivity index (χ3n) is 5.37. The molecule has 0 spiro atoms. The largest absolute Gasteiger partial charge is 0.462 e. The molecule has 2 heterocycles. The smallest absolute Gasteiger partial charge is 0.341 e. The fraction of sp³-hybridized carbons (Fsp3) is 0.409. The molecule has 0 fully saturated rings. The van der Waals surface area contributed by atoms with E-state index in [-0.39, 0.29) is 25.0 Å². The Labute approximate surface area is 184 Å². The molecule has 8 nitrogen and oxygen atoms in total. The number of rotatable bonds is 6. The molecule has 1 aromatic carbocycles. The zero-order chi connectivity index (χ0) is 22.0.